The standard InChI is InChI=1S/C23H17ClN4O2/c24-19-7-3-4-8-20(19)26-23(30)18-13-14-5-1-2-6-17(14)21(22(18)29)28-27-16-11-9-15(25)10-12-16/h1-13,29H,25H2,(H,26,30). The van der Waals surface area contributed by atoms with Gasteiger partial charge in [-0.2, -0.15) is 5.11 Å². The molecule has 0 spiro atoms. The molecule has 0 aliphatic rings. The molecule has 6 nitrogen and oxygen atoms in total. The summed E-state index contributed by atoms with van der Waals surface area (Å²) in [6, 6.07) is 22.6. The predicted molar refractivity (Wildman–Crippen MR) is 120 cm³/mol. The number of nitrogen functional groups attached to an aromatic ring is 1. The molecule has 4 aromatic rings. The van der Waals surface area contributed by atoms with Gasteiger partial charge in [-0.1, -0.05) is 48.0 Å². The number of aromatic hydroxyl groups is 1. The molecule has 0 aromatic heterocycles. The van der Waals surface area contributed by atoms with Crippen molar-refractivity contribution in [3.8, 4) is 5.75 Å². The van der Waals surface area contributed by atoms with Gasteiger partial charge in [0, 0.05) is 11.1 Å². The number of para-hydroxylation sites is 1. The van der Waals surface area contributed by atoms with E-state index in [1.54, 1.807) is 54.6 Å². The number of phenolic OH excluding ortho intramolecular Hbond substituents is 1. The molecule has 4 aromatic carbocycles. The van der Waals surface area contributed by atoms with Gasteiger partial charge in [-0.25, -0.2) is 0 Å². The minimum Gasteiger partial charge on any atom is -0.505 e. The van der Waals surface area contributed by atoms with Crippen LogP contribution in [0.1, 0.15) is 10.4 Å². The highest BCUT2D eigenvalue weighted by Crippen LogP contribution is 2.39. The molecule has 7 heteroatoms. The van der Waals surface area contributed by atoms with Gasteiger partial charge in [-0.15, -0.1) is 5.11 Å². The summed E-state index contributed by atoms with van der Waals surface area (Å²) in [6.07, 6.45) is 0. The van der Waals surface area contributed by atoms with Crippen LogP contribution < -0.4 is 11.1 Å². The van der Waals surface area contributed by atoms with E-state index in [9.17, 15) is 9.90 Å². The fourth-order valence-electron chi connectivity index (χ4n) is 2.99. The molecule has 0 unspecified atom stereocenters. The second-order valence-electron chi connectivity index (χ2n) is 6.57. The first kappa shape index (κ1) is 19.4. The van der Waals surface area contributed by atoms with Crippen LogP contribution in [0.3, 0.4) is 0 Å². The Balaban J connectivity index is 1.78. The fourth-order valence-corrected chi connectivity index (χ4v) is 3.18. The van der Waals surface area contributed by atoms with E-state index in [-0.39, 0.29) is 17.0 Å². The highest BCUT2D eigenvalue weighted by molar-refractivity contribution is 6.34. The summed E-state index contributed by atoms with van der Waals surface area (Å²) in [4.78, 5) is 12.9. The lowest BCUT2D eigenvalue weighted by atomic mass is 10.0. The Hall–Kier alpha value is -3.90. The fraction of sp³-hybridized carbons (Fsp3) is 0. The molecule has 0 aliphatic heterocycles. The number of benzene rings is 4. The third-order valence-electron chi connectivity index (χ3n) is 4.52. The predicted octanol–water partition coefficient (Wildman–Crippen LogP) is 6.45. The van der Waals surface area contributed by atoms with Crippen LogP contribution >= 0.6 is 11.6 Å². The van der Waals surface area contributed by atoms with Gasteiger partial charge in [-0.05, 0) is 47.9 Å². The topological polar surface area (TPSA) is 100 Å². The SMILES string of the molecule is Nc1ccc(N=Nc2c(O)c(C(=O)Nc3ccccc3Cl)cc3ccccc23)cc1. The summed E-state index contributed by atoms with van der Waals surface area (Å²) in [5.41, 5.74) is 7.59. The number of hydrogen-bond acceptors (Lipinski definition) is 5. The number of amides is 1. The minimum absolute atomic E-state index is 0.0693. The zero-order valence-electron chi connectivity index (χ0n) is 15.7. The second-order valence-corrected chi connectivity index (χ2v) is 6.98. The Kier molecular flexibility index (Phi) is 5.32. The number of hydrogen-bond donors (Lipinski definition) is 3. The number of fused-ring (bicyclic) bond motifs is 1. The maximum atomic E-state index is 12.9. The molecule has 0 heterocycles. The first-order chi connectivity index (χ1) is 14.5. The van der Waals surface area contributed by atoms with E-state index in [1.807, 2.05) is 24.3 Å². The first-order valence-corrected chi connectivity index (χ1v) is 9.48. The molecule has 30 heavy (non-hydrogen) atoms. The average molecular weight is 417 g/mol. The van der Waals surface area contributed by atoms with Crippen molar-refractivity contribution in [1.29, 1.82) is 0 Å². The lowest BCUT2D eigenvalue weighted by Crippen LogP contribution is -2.12. The molecule has 0 aliphatic carbocycles. The minimum atomic E-state index is -0.504. The lowest BCUT2D eigenvalue weighted by Gasteiger charge is -2.12. The number of carbonyl (C=O) groups is 1. The number of azo groups is 1. The van der Waals surface area contributed by atoms with E-state index in [4.69, 9.17) is 17.3 Å². The van der Waals surface area contributed by atoms with Crippen molar-refractivity contribution in [1.82, 2.24) is 0 Å². The number of rotatable bonds is 4. The molecule has 148 valence electrons. The Morgan fingerprint density at radius 2 is 1.63 bits per heavy atom. The summed E-state index contributed by atoms with van der Waals surface area (Å²) < 4.78 is 0. The molecule has 1 amide bonds. The molecule has 0 saturated heterocycles. The maximum absolute atomic E-state index is 12.9. The monoisotopic (exact) mass is 416 g/mol. The van der Waals surface area contributed by atoms with E-state index in [0.717, 1.165) is 5.39 Å². The molecule has 0 bridgehead atoms. The molecule has 0 fully saturated rings. The van der Waals surface area contributed by atoms with Crippen LogP contribution in [0.4, 0.5) is 22.7 Å². The number of nitrogens with zero attached hydrogens (tertiary/aromatic N) is 2. The van der Waals surface area contributed by atoms with E-state index in [2.05, 4.69) is 15.5 Å². The molecule has 0 saturated carbocycles. The molecule has 4 N–H and O–H groups in total. The Morgan fingerprint density at radius 1 is 0.933 bits per heavy atom. The van der Waals surface area contributed by atoms with Crippen LogP contribution in [0, 0.1) is 0 Å². The summed E-state index contributed by atoms with van der Waals surface area (Å²) in [5.74, 6) is -0.771. The van der Waals surface area contributed by atoms with Crippen molar-refractivity contribution < 1.29 is 9.90 Å². The highest BCUT2D eigenvalue weighted by atomic mass is 35.5. The van der Waals surface area contributed by atoms with Crippen molar-refractivity contribution in [2.24, 2.45) is 10.2 Å². The summed E-state index contributed by atoms with van der Waals surface area (Å²) in [7, 11) is 0. The summed E-state index contributed by atoms with van der Waals surface area (Å²) in [6.45, 7) is 0. The molecule has 0 radical (unpaired) electrons. The van der Waals surface area contributed by atoms with Crippen LogP contribution in [0.2, 0.25) is 5.02 Å². The smallest absolute Gasteiger partial charge is 0.259 e. The molecule has 0 atom stereocenters. The number of carbonyl (C=O) groups excluding carboxylic acids is 1. The lowest BCUT2D eigenvalue weighted by molar-refractivity contribution is 0.102. The quantitative estimate of drug-likeness (QED) is 0.263. The Labute approximate surface area is 177 Å². The maximum Gasteiger partial charge on any atom is 0.259 e. The number of nitrogens with two attached hydrogens (primary N) is 1. The molecular formula is C23H17ClN4O2. The third-order valence-corrected chi connectivity index (χ3v) is 4.85. The van der Waals surface area contributed by atoms with Crippen molar-refractivity contribution >= 4 is 51.0 Å². The number of anilines is 2. The van der Waals surface area contributed by atoms with Gasteiger partial charge in [0.25, 0.3) is 5.91 Å². The molecule has 4 rings (SSSR count). The zero-order valence-corrected chi connectivity index (χ0v) is 16.5. The number of nitrogens with one attached hydrogen (secondary N) is 1. The van der Waals surface area contributed by atoms with Crippen molar-refractivity contribution in [3.63, 3.8) is 0 Å². The second kappa shape index (κ2) is 8.23. The van der Waals surface area contributed by atoms with Crippen LogP contribution in [-0.4, -0.2) is 11.0 Å². The summed E-state index contributed by atoms with van der Waals surface area (Å²) >= 11 is 6.13. The third kappa shape index (κ3) is 3.94. The van der Waals surface area contributed by atoms with Crippen molar-refractivity contribution in [2.75, 3.05) is 11.1 Å². The van der Waals surface area contributed by atoms with E-state index in [1.165, 1.54) is 0 Å². The van der Waals surface area contributed by atoms with Gasteiger partial charge in [0.15, 0.2) is 5.75 Å². The largest absolute Gasteiger partial charge is 0.505 e. The number of halogens is 1. The van der Waals surface area contributed by atoms with Crippen LogP contribution in [0.25, 0.3) is 10.8 Å². The van der Waals surface area contributed by atoms with E-state index in [0.29, 0.717) is 27.5 Å². The van der Waals surface area contributed by atoms with E-state index < -0.39 is 5.91 Å². The van der Waals surface area contributed by atoms with Gasteiger partial charge >= 0.3 is 0 Å². The zero-order chi connectivity index (χ0) is 21.1. The van der Waals surface area contributed by atoms with Crippen LogP contribution in [0.15, 0.2) is 89.1 Å². The van der Waals surface area contributed by atoms with Gasteiger partial charge in [0.1, 0.15) is 5.69 Å². The number of phenols is 1. The molecular weight excluding hydrogens is 400 g/mol. The van der Waals surface area contributed by atoms with Crippen LogP contribution in [0.5, 0.6) is 5.75 Å². The van der Waals surface area contributed by atoms with Crippen LogP contribution in [-0.2, 0) is 0 Å². The van der Waals surface area contributed by atoms with Gasteiger partial charge < -0.3 is 16.2 Å². The Bertz CT molecular complexity index is 1270. The van der Waals surface area contributed by atoms with Crippen molar-refractivity contribution in [2.45, 2.75) is 0 Å². The normalized spacial score (nSPS) is 11.1. The first-order valence-electron chi connectivity index (χ1n) is 9.11. The van der Waals surface area contributed by atoms with Gasteiger partial charge in [-0.3, -0.25) is 4.79 Å². The Morgan fingerprint density at radius 3 is 2.40 bits per heavy atom. The van der Waals surface area contributed by atoms with Crippen molar-refractivity contribution in [3.05, 3.63) is 89.4 Å². The van der Waals surface area contributed by atoms with E-state index >= 15 is 0 Å². The van der Waals surface area contributed by atoms with Gasteiger partial charge in [0.05, 0.1) is 22.0 Å². The van der Waals surface area contributed by atoms with Gasteiger partial charge in [0.2, 0.25) is 0 Å². The highest BCUT2D eigenvalue weighted by Gasteiger charge is 2.19. The summed E-state index contributed by atoms with van der Waals surface area (Å²) in [5, 5.41) is 23.8. The average Bonchev–Trinajstić information content (AvgIpc) is 2.75.